The molecule has 6 heteroatoms. The second-order valence-electron chi connectivity index (χ2n) is 6.48. The van der Waals surface area contributed by atoms with Gasteiger partial charge in [0.05, 0.1) is 17.2 Å². The first-order valence-corrected chi connectivity index (χ1v) is 8.52. The molecule has 2 aromatic rings. The summed E-state index contributed by atoms with van der Waals surface area (Å²) in [4.78, 5) is 28.7. The van der Waals surface area contributed by atoms with Crippen LogP contribution in [-0.2, 0) is 11.3 Å². The van der Waals surface area contributed by atoms with Crippen LogP contribution in [0.25, 0.3) is 10.9 Å². The van der Waals surface area contributed by atoms with Crippen LogP contribution in [-0.4, -0.2) is 33.2 Å². The molecule has 0 aliphatic heterocycles. The third kappa shape index (κ3) is 3.82. The quantitative estimate of drug-likeness (QED) is 0.870. The van der Waals surface area contributed by atoms with Crippen LogP contribution < -0.4 is 10.9 Å². The van der Waals surface area contributed by atoms with Crippen LogP contribution in [0.1, 0.15) is 32.1 Å². The molecule has 1 heterocycles. The largest absolute Gasteiger partial charge is 0.396 e. The van der Waals surface area contributed by atoms with Gasteiger partial charge in [-0.3, -0.25) is 14.2 Å². The van der Waals surface area contributed by atoms with E-state index >= 15 is 0 Å². The van der Waals surface area contributed by atoms with Gasteiger partial charge in [0.2, 0.25) is 5.91 Å². The number of carbonyl (C=O) groups excluding carboxylic acids is 1. The maximum Gasteiger partial charge on any atom is 0.261 e. The monoisotopic (exact) mass is 329 g/mol. The molecule has 1 aromatic carbocycles. The lowest BCUT2D eigenvalue weighted by Gasteiger charge is -2.28. The molecule has 24 heavy (non-hydrogen) atoms. The number of nitrogens with one attached hydrogen (secondary N) is 1. The minimum Gasteiger partial charge on any atom is -0.396 e. The van der Waals surface area contributed by atoms with Gasteiger partial charge < -0.3 is 10.4 Å². The number of aryl methyl sites for hydroxylation is 1. The number of hydrogen-bond acceptors (Lipinski definition) is 4. The number of rotatable bonds is 5. The summed E-state index contributed by atoms with van der Waals surface area (Å²) < 4.78 is 1.49. The highest BCUT2D eigenvalue weighted by atomic mass is 16.3. The molecule has 0 spiro atoms. The number of carbonyl (C=O) groups is 1. The molecule has 0 atom stereocenters. The summed E-state index contributed by atoms with van der Waals surface area (Å²) in [6, 6.07) is 7.40. The van der Waals surface area contributed by atoms with Crippen LogP contribution in [0.2, 0.25) is 0 Å². The summed E-state index contributed by atoms with van der Waals surface area (Å²) >= 11 is 0. The third-order valence-corrected chi connectivity index (χ3v) is 4.78. The number of nitrogens with zero attached hydrogens (tertiary/aromatic N) is 2. The van der Waals surface area contributed by atoms with Crippen LogP contribution in [0.4, 0.5) is 0 Å². The summed E-state index contributed by atoms with van der Waals surface area (Å²) in [6.07, 6.45) is 5.50. The highest BCUT2D eigenvalue weighted by Gasteiger charge is 2.21. The van der Waals surface area contributed by atoms with Crippen LogP contribution in [0.15, 0.2) is 35.4 Å². The lowest BCUT2D eigenvalue weighted by atomic mass is 9.86. The maximum atomic E-state index is 12.4. The molecule has 1 amide bonds. The van der Waals surface area contributed by atoms with Crippen LogP contribution in [0.3, 0.4) is 0 Å². The first-order chi connectivity index (χ1) is 11.7. The van der Waals surface area contributed by atoms with E-state index in [9.17, 15) is 9.59 Å². The molecule has 1 saturated carbocycles. The number of amides is 1. The van der Waals surface area contributed by atoms with E-state index in [0.29, 0.717) is 23.4 Å². The smallest absolute Gasteiger partial charge is 0.261 e. The normalized spacial score (nSPS) is 20.9. The van der Waals surface area contributed by atoms with Gasteiger partial charge in [-0.05, 0) is 43.7 Å². The summed E-state index contributed by atoms with van der Waals surface area (Å²) in [6.45, 7) is 0.563. The molecule has 6 nitrogen and oxygen atoms in total. The number of benzene rings is 1. The van der Waals surface area contributed by atoms with E-state index in [1.54, 1.807) is 12.1 Å². The average molecular weight is 329 g/mol. The molecule has 0 saturated heterocycles. The molecule has 3 rings (SSSR count). The Balaban J connectivity index is 1.55. The molecule has 1 fully saturated rings. The first kappa shape index (κ1) is 16.6. The van der Waals surface area contributed by atoms with Gasteiger partial charge in [0, 0.05) is 25.6 Å². The van der Waals surface area contributed by atoms with E-state index in [4.69, 9.17) is 5.11 Å². The minimum atomic E-state index is -0.114. The van der Waals surface area contributed by atoms with Gasteiger partial charge in [0.15, 0.2) is 0 Å². The Morgan fingerprint density at radius 2 is 2.00 bits per heavy atom. The SMILES string of the molecule is O=C(CCn1cnc2ccccc2c1=O)NC1CCC(CO)CC1. The number of aromatic nitrogens is 2. The number of hydrogen-bond donors (Lipinski definition) is 2. The molecule has 1 aromatic heterocycles. The topological polar surface area (TPSA) is 84.2 Å². The van der Waals surface area contributed by atoms with E-state index in [1.807, 2.05) is 12.1 Å². The average Bonchev–Trinajstić information content (AvgIpc) is 2.62. The molecule has 0 bridgehead atoms. The Labute approximate surface area is 140 Å². The van der Waals surface area contributed by atoms with E-state index in [1.165, 1.54) is 10.9 Å². The summed E-state index contributed by atoms with van der Waals surface area (Å²) in [5.74, 6) is 0.336. The summed E-state index contributed by atoms with van der Waals surface area (Å²) in [5, 5.41) is 12.8. The number of aliphatic hydroxyl groups excluding tert-OH is 1. The predicted octanol–water partition coefficient (Wildman–Crippen LogP) is 1.45. The van der Waals surface area contributed by atoms with Crippen LogP contribution in [0.5, 0.6) is 0 Å². The van der Waals surface area contributed by atoms with E-state index in [2.05, 4.69) is 10.3 Å². The fourth-order valence-corrected chi connectivity index (χ4v) is 3.28. The Bertz CT molecular complexity index is 763. The first-order valence-electron chi connectivity index (χ1n) is 8.52. The van der Waals surface area contributed by atoms with Crippen molar-refractivity contribution < 1.29 is 9.90 Å². The highest BCUT2D eigenvalue weighted by Crippen LogP contribution is 2.23. The van der Waals surface area contributed by atoms with Crippen molar-refractivity contribution in [3.8, 4) is 0 Å². The van der Waals surface area contributed by atoms with Crippen molar-refractivity contribution in [2.75, 3.05) is 6.61 Å². The van der Waals surface area contributed by atoms with Crippen LogP contribution >= 0.6 is 0 Å². The standard InChI is InChI=1S/C18H23N3O3/c22-11-13-5-7-14(8-6-13)20-17(23)9-10-21-12-19-16-4-2-1-3-15(16)18(21)24/h1-4,12-14,22H,5-11H2,(H,20,23). The predicted molar refractivity (Wildman–Crippen MR) is 91.6 cm³/mol. The van der Waals surface area contributed by atoms with Crippen molar-refractivity contribution in [1.29, 1.82) is 0 Å². The van der Waals surface area contributed by atoms with Crippen molar-refractivity contribution in [1.82, 2.24) is 14.9 Å². The Morgan fingerprint density at radius 3 is 2.75 bits per heavy atom. The van der Waals surface area contributed by atoms with Gasteiger partial charge in [-0.2, -0.15) is 0 Å². The number of para-hydroxylation sites is 1. The van der Waals surface area contributed by atoms with E-state index in [0.717, 1.165) is 25.7 Å². The number of aliphatic hydroxyl groups is 1. The lowest BCUT2D eigenvalue weighted by molar-refractivity contribution is -0.122. The molecule has 0 unspecified atom stereocenters. The minimum absolute atomic E-state index is 0.0393. The van der Waals surface area contributed by atoms with Crippen molar-refractivity contribution in [3.05, 3.63) is 40.9 Å². The van der Waals surface area contributed by atoms with Crippen molar-refractivity contribution in [2.45, 2.75) is 44.7 Å². The van der Waals surface area contributed by atoms with Gasteiger partial charge >= 0.3 is 0 Å². The zero-order valence-electron chi connectivity index (χ0n) is 13.6. The zero-order valence-corrected chi connectivity index (χ0v) is 13.6. The molecular formula is C18H23N3O3. The van der Waals surface area contributed by atoms with Crippen LogP contribution in [0, 0.1) is 5.92 Å². The van der Waals surface area contributed by atoms with Crippen molar-refractivity contribution in [3.63, 3.8) is 0 Å². The fourth-order valence-electron chi connectivity index (χ4n) is 3.28. The van der Waals surface area contributed by atoms with Gasteiger partial charge in [0.25, 0.3) is 5.56 Å². The van der Waals surface area contributed by atoms with E-state index < -0.39 is 0 Å². The second-order valence-corrected chi connectivity index (χ2v) is 6.48. The van der Waals surface area contributed by atoms with Gasteiger partial charge in [-0.15, -0.1) is 0 Å². The zero-order chi connectivity index (χ0) is 16.9. The van der Waals surface area contributed by atoms with Gasteiger partial charge in [0.1, 0.15) is 0 Å². The maximum absolute atomic E-state index is 12.4. The summed E-state index contributed by atoms with van der Waals surface area (Å²) in [7, 11) is 0. The summed E-state index contributed by atoms with van der Waals surface area (Å²) in [5.41, 5.74) is 0.556. The second kappa shape index (κ2) is 7.57. The van der Waals surface area contributed by atoms with Gasteiger partial charge in [-0.25, -0.2) is 4.98 Å². The molecule has 1 aliphatic rings. The molecule has 128 valence electrons. The Hall–Kier alpha value is -2.21. The number of fused-ring (bicyclic) bond motifs is 1. The Morgan fingerprint density at radius 1 is 1.25 bits per heavy atom. The molecule has 0 radical (unpaired) electrons. The molecule has 2 N–H and O–H groups in total. The fraction of sp³-hybridized carbons (Fsp3) is 0.500. The van der Waals surface area contributed by atoms with Crippen molar-refractivity contribution >= 4 is 16.8 Å². The van der Waals surface area contributed by atoms with Crippen molar-refractivity contribution in [2.24, 2.45) is 5.92 Å². The molecular weight excluding hydrogens is 306 g/mol. The third-order valence-electron chi connectivity index (χ3n) is 4.78. The Kier molecular flexibility index (Phi) is 5.25. The van der Waals surface area contributed by atoms with Gasteiger partial charge in [-0.1, -0.05) is 12.1 Å². The van der Waals surface area contributed by atoms with E-state index in [-0.39, 0.29) is 30.5 Å². The highest BCUT2D eigenvalue weighted by molar-refractivity contribution is 5.77. The molecule has 1 aliphatic carbocycles. The lowest BCUT2D eigenvalue weighted by Crippen LogP contribution is -2.38.